The monoisotopic (exact) mass is 356 g/mol. The molecule has 25 heavy (non-hydrogen) atoms. The molecular weight excluding hydrogens is 336 g/mol. The van der Waals surface area contributed by atoms with Crippen LogP contribution in [0.2, 0.25) is 0 Å². The summed E-state index contributed by atoms with van der Waals surface area (Å²) in [4.78, 5) is 4.39. The van der Waals surface area contributed by atoms with Gasteiger partial charge in [-0.2, -0.15) is 4.31 Å². The first-order chi connectivity index (χ1) is 12.0. The molecule has 1 aromatic carbocycles. The predicted molar refractivity (Wildman–Crippen MR) is 95.3 cm³/mol. The van der Waals surface area contributed by atoms with E-state index in [4.69, 9.17) is 4.42 Å². The molecule has 0 fully saturated rings. The minimum Gasteiger partial charge on any atom is -0.468 e. The van der Waals surface area contributed by atoms with Crippen LogP contribution in [0.1, 0.15) is 22.5 Å². The first-order valence-electron chi connectivity index (χ1n) is 7.95. The normalized spacial score (nSPS) is 11.8. The molecule has 0 unspecified atom stereocenters. The molecule has 130 valence electrons. The molecule has 0 bridgehead atoms. The zero-order chi connectivity index (χ0) is 17.9. The Morgan fingerprint density at radius 3 is 2.56 bits per heavy atom. The van der Waals surface area contributed by atoms with Crippen molar-refractivity contribution in [3.63, 3.8) is 0 Å². The van der Waals surface area contributed by atoms with Crippen molar-refractivity contribution in [2.24, 2.45) is 0 Å². The maximum Gasteiger partial charge on any atom is 0.244 e. The average molecular weight is 356 g/mol. The fourth-order valence-electron chi connectivity index (χ4n) is 2.73. The van der Waals surface area contributed by atoms with Crippen molar-refractivity contribution in [3.8, 4) is 0 Å². The van der Waals surface area contributed by atoms with Crippen molar-refractivity contribution >= 4 is 10.0 Å². The highest BCUT2D eigenvalue weighted by atomic mass is 32.2. The Morgan fingerprint density at radius 1 is 1.08 bits per heavy atom. The number of hydrogen-bond acceptors (Lipinski definition) is 4. The molecule has 5 nitrogen and oxygen atoms in total. The van der Waals surface area contributed by atoms with E-state index in [1.165, 1.54) is 4.31 Å². The summed E-state index contributed by atoms with van der Waals surface area (Å²) in [6.07, 6.45) is 4.88. The molecule has 2 aromatic heterocycles. The van der Waals surface area contributed by atoms with Gasteiger partial charge in [0.25, 0.3) is 0 Å². The zero-order valence-corrected chi connectivity index (χ0v) is 15.0. The van der Waals surface area contributed by atoms with Crippen molar-refractivity contribution < 1.29 is 12.8 Å². The van der Waals surface area contributed by atoms with Gasteiger partial charge in [-0.25, -0.2) is 8.42 Å². The molecule has 0 amide bonds. The molecule has 0 radical (unpaired) electrons. The van der Waals surface area contributed by atoms with Crippen LogP contribution in [0.25, 0.3) is 0 Å². The second kappa shape index (κ2) is 7.21. The van der Waals surface area contributed by atoms with Crippen LogP contribution in [0, 0.1) is 13.8 Å². The smallest absolute Gasteiger partial charge is 0.244 e. The standard InChI is InChI=1S/C19H20N2O3S/c1-15-7-8-19(16(2)11-15)25(22,23)21(14-18-6-4-10-24-18)13-17-5-3-9-20-12-17/h3-12H,13-14H2,1-2H3. The largest absolute Gasteiger partial charge is 0.468 e. The molecule has 0 aliphatic rings. The number of pyridine rings is 1. The number of sulfonamides is 1. The van der Waals surface area contributed by atoms with Crippen LogP contribution in [0.5, 0.6) is 0 Å². The number of rotatable bonds is 6. The summed E-state index contributed by atoms with van der Waals surface area (Å²) in [5, 5.41) is 0. The van der Waals surface area contributed by atoms with Gasteiger partial charge in [0.2, 0.25) is 10.0 Å². The third-order valence-corrected chi connectivity index (χ3v) is 5.89. The summed E-state index contributed by atoms with van der Waals surface area (Å²) in [6.45, 7) is 4.15. The van der Waals surface area contributed by atoms with Gasteiger partial charge >= 0.3 is 0 Å². The summed E-state index contributed by atoms with van der Waals surface area (Å²) in [5.41, 5.74) is 2.58. The molecule has 0 aliphatic carbocycles. The minimum absolute atomic E-state index is 0.164. The minimum atomic E-state index is -3.68. The molecule has 6 heteroatoms. The molecule has 0 saturated carbocycles. The summed E-state index contributed by atoms with van der Waals surface area (Å²) >= 11 is 0. The van der Waals surface area contributed by atoms with E-state index in [0.29, 0.717) is 10.7 Å². The Kier molecular flexibility index (Phi) is 5.01. The van der Waals surface area contributed by atoms with E-state index in [1.54, 1.807) is 42.9 Å². The van der Waals surface area contributed by atoms with E-state index in [2.05, 4.69) is 4.98 Å². The van der Waals surface area contributed by atoms with Gasteiger partial charge in [-0.05, 0) is 49.2 Å². The highest BCUT2D eigenvalue weighted by Gasteiger charge is 2.27. The van der Waals surface area contributed by atoms with Crippen LogP contribution in [0.3, 0.4) is 0 Å². The van der Waals surface area contributed by atoms with E-state index in [-0.39, 0.29) is 13.1 Å². The maximum absolute atomic E-state index is 13.3. The topological polar surface area (TPSA) is 63.4 Å². The summed E-state index contributed by atoms with van der Waals surface area (Å²) < 4.78 is 33.3. The van der Waals surface area contributed by atoms with E-state index >= 15 is 0 Å². The summed E-state index contributed by atoms with van der Waals surface area (Å²) in [6, 6.07) is 12.5. The maximum atomic E-state index is 13.3. The van der Waals surface area contributed by atoms with Crippen molar-refractivity contribution in [1.29, 1.82) is 0 Å². The zero-order valence-electron chi connectivity index (χ0n) is 14.2. The Hall–Kier alpha value is -2.44. The van der Waals surface area contributed by atoms with Crippen LogP contribution in [-0.2, 0) is 23.1 Å². The Bertz CT molecular complexity index is 936. The molecule has 0 aliphatic heterocycles. The molecule has 0 spiro atoms. The van der Waals surface area contributed by atoms with Gasteiger partial charge < -0.3 is 4.42 Å². The third-order valence-electron chi connectivity index (χ3n) is 3.94. The van der Waals surface area contributed by atoms with Gasteiger partial charge in [0, 0.05) is 18.9 Å². The molecule has 0 N–H and O–H groups in total. The van der Waals surface area contributed by atoms with Gasteiger partial charge in [-0.15, -0.1) is 0 Å². The van der Waals surface area contributed by atoms with E-state index in [0.717, 1.165) is 16.7 Å². The Labute approximate surface area is 148 Å². The Balaban J connectivity index is 1.99. The van der Waals surface area contributed by atoms with Crippen LogP contribution in [-0.4, -0.2) is 17.7 Å². The number of hydrogen-bond donors (Lipinski definition) is 0. The number of aromatic nitrogens is 1. The third kappa shape index (κ3) is 3.97. The van der Waals surface area contributed by atoms with Gasteiger partial charge in [0.1, 0.15) is 5.76 Å². The molecule has 0 atom stereocenters. The lowest BCUT2D eigenvalue weighted by Crippen LogP contribution is -2.30. The van der Waals surface area contributed by atoms with Crippen molar-refractivity contribution in [2.75, 3.05) is 0 Å². The lowest BCUT2D eigenvalue weighted by Gasteiger charge is -2.22. The molecular formula is C19H20N2O3S. The predicted octanol–water partition coefficient (Wildman–Crippen LogP) is 3.68. The van der Waals surface area contributed by atoms with Crippen molar-refractivity contribution in [3.05, 3.63) is 83.6 Å². The van der Waals surface area contributed by atoms with Crippen LogP contribution >= 0.6 is 0 Å². The van der Waals surface area contributed by atoms with Crippen LogP contribution in [0.4, 0.5) is 0 Å². The number of aryl methyl sites for hydroxylation is 2. The molecule has 3 rings (SSSR count). The lowest BCUT2D eigenvalue weighted by atomic mass is 10.2. The SMILES string of the molecule is Cc1ccc(S(=O)(=O)N(Cc2cccnc2)Cc2ccco2)c(C)c1. The fourth-order valence-corrected chi connectivity index (χ4v) is 4.33. The van der Waals surface area contributed by atoms with Crippen molar-refractivity contribution in [2.45, 2.75) is 31.8 Å². The Morgan fingerprint density at radius 2 is 1.92 bits per heavy atom. The summed E-state index contributed by atoms with van der Waals surface area (Å²) in [7, 11) is -3.68. The first kappa shape index (κ1) is 17.4. The van der Waals surface area contributed by atoms with Gasteiger partial charge in [-0.3, -0.25) is 4.98 Å². The molecule has 0 saturated heterocycles. The first-order valence-corrected chi connectivity index (χ1v) is 9.39. The number of furan rings is 1. The quantitative estimate of drug-likeness (QED) is 0.676. The van der Waals surface area contributed by atoms with E-state index in [9.17, 15) is 8.42 Å². The van der Waals surface area contributed by atoms with Gasteiger partial charge in [0.05, 0.1) is 17.7 Å². The second-order valence-corrected chi connectivity index (χ2v) is 7.89. The average Bonchev–Trinajstić information content (AvgIpc) is 3.08. The fraction of sp³-hybridized carbons (Fsp3) is 0.211. The second-order valence-electron chi connectivity index (χ2n) is 5.98. The molecule has 3 aromatic rings. The van der Waals surface area contributed by atoms with Gasteiger partial charge in [-0.1, -0.05) is 23.8 Å². The number of benzene rings is 1. The number of nitrogens with zero attached hydrogens (tertiary/aromatic N) is 2. The van der Waals surface area contributed by atoms with Crippen LogP contribution in [0.15, 0.2) is 70.4 Å². The van der Waals surface area contributed by atoms with E-state index < -0.39 is 10.0 Å². The van der Waals surface area contributed by atoms with Crippen LogP contribution < -0.4 is 0 Å². The van der Waals surface area contributed by atoms with E-state index in [1.807, 2.05) is 32.0 Å². The van der Waals surface area contributed by atoms with Gasteiger partial charge in [0.15, 0.2) is 0 Å². The lowest BCUT2D eigenvalue weighted by molar-refractivity contribution is 0.358. The molecule has 2 heterocycles. The highest BCUT2D eigenvalue weighted by molar-refractivity contribution is 7.89. The van der Waals surface area contributed by atoms with Crippen molar-refractivity contribution in [1.82, 2.24) is 9.29 Å². The highest BCUT2D eigenvalue weighted by Crippen LogP contribution is 2.24. The summed E-state index contributed by atoms with van der Waals surface area (Å²) in [5.74, 6) is 0.595.